The van der Waals surface area contributed by atoms with Gasteiger partial charge in [-0.3, -0.25) is 4.79 Å². The van der Waals surface area contributed by atoms with Gasteiger partial charge >= 0.3 is 0 Å². The molecule has 0 N–H and O–H groups in total. The Bertz CT molecular complexity index is 376. The summed E-state index contributed by atoms with van der Waals surface area (Å²) in [6.45, 7) is 6.00. The van der Waals surface area contributed by atoms with Crippen LogP contribution in [0.4, 0.5) is 0 Å². The van der Waals surface area contributed by atoms with Crippen molar-refractivity contribution in [2.24, 2.45) is 5.41 Å². The largest absolute Gasteiger partial charge is 0.373 e. The predicted molar refractivity (Wildman–Crippen MR) is 70.4 cm³/mol. The van der Waals surface area contributed by atoms with Gasteiger partial charge in [-0.15, -0.1) is 0 Å². The molecule has 1 unspecified atom stereocenters. The minimum absolute atomic E-state index is 0.0994. The summed E-state index contributed by atoms with van der Waals surface area (Å²) in [4.78, 5) is 12.1. The zero-order chi connectivity index (χ0) is 13.1. The van der Waals surface area contributed by atoms with Gasteiger partial charge in [0.2, 0.25) is 0 Å². The molecule has 0 aromatic heterocycles. The van der Waals surface area contributed by atoms with Gasteiger partial charge in [-0.05, 0) is 23.1 Å². The van der Waals surface area contributed by atoms with E-state index in [-0.39, 0.29) is 17.3 Å². The molecule has 0 heterocycles. The zero-order valence-corrected chi connectivity index (χ0v) is 11.5. The van der Waals surface area contributed by atoms with Crippen molar-refractivity contribution in [1.82, 2.24) is 0 Å². The molecule has 0 bridgehead atoms. The maximum atomic E-state index is 12.1. The van der Waals surface area contributed by atoms with Gasteiger partial charge < -0.3 is 4.74 Å². The van der Waals surface area contributed by atoms with Crippen molar-refractivity contribution in [2.75, 3.05) is 7.11 Å². The van der Waals surface area contributed by atoms with Crippen molar-refractivity contribution in [3.8, 4) is 0 Å². The molecule has 0 saturated carbocycles. The number of benzene rings is 1. The van der Waals surface area contributed by atoms with Crippen molar-refractivity contribution in [3.05, 3.63) is 34.9 Å². The molecule has 1 rings (SSSR count). The van der Waals surface area contributed by atoms with Gasteiger partial charge in [0.25, 0.3) is 0 Å². The molecule has 0 saturated heterocycles. The third-order valence-electron chi connectivity index (χ3n) is 2.61. The Kier molecular flexibility index (Phi) is 4.72. The average molecular weight is 255 g/mol. The van der Waals surface area contributed by atoms with E-state index in [4.69, 9.17) is 16.3 Å². The quantitative estimate of drug-likeness (QED) is 0.822. The second-order valence-electron chi connectivity index (χ2n) is 5.25. The molecule has 1 aromatic rings. The van der Waals surface area contributed by atoms with Gasteiger partial charge in [-0.2, -0.15) is 0 Å². The summed E-state index contributed by atoms with van der Waals surface area (Å²) < 4.78 is 5.30. The molecule has 0 aliphatic rings. The van der Waals surface area contributed by atoms with Gasteiger partial charge in [-0.1, -0.05) is 44.5 Å². The highest BCUT2D eigenvalue weighted by Gasteiger charge is 2.30. The Labute approximate surface area is 108 Å². The molecule has 2 nitrogen and oxygen atoms in total. The lowest BCUT2D eigenvalue weighted by Crippen LogP contribution is -2.37. The van der Waals surface area contributed by atoms with Crippen LogP contribution in [0, 0.1) is 5.41 Å². The first kappa shape index (κ1) is 14.2. The number of halogens is 1. The molecule has 0 amide bonds. The standard InChI is InChI=1S/C14H19ClO2/c1-14(2,3)13(17-4)12(16)9-10-5-7-11(15)8-6-10/h5-8,13H,9H2,1-4H3. The Morgan fingerprint density at radius 1 is 1.29 bits per heavy atom. The predicted octanol–water partition coefficient (Wildman–Crippen LogP) is 3.51. The van der Waals surface area contributed by atoms with E-state index in [1.807, 2.05) is 32.9 Å². The lowest BCUT2D eigenvalue weighted by Gasteiger charge is -2.28. The molecule has 1 aromatic carbocycles. The molecule has 0 radical (unpaired) electrons. The van der Waals surface area contributed by atoms with Gasteiger partial charge in [0.05, 0.1) is 0 Å². The number of carbonyl (C=O) groups excluding carboxylic acids is 1. The Morgan fingerprint density at radius 3 is 2.24 bits per heavy atom. The fraction of sp³-hybridized carbons (Fsp3) is 0.500. The number of Topliss-reactive ketones (excluding diaryl/α,β-unsaturated/α-hetero) is 1. The first-order valence-electron chi connectivity index (χ1n) is 5.64. The third-order valence-corrected chi connectivity index (χ3v) is 2.86. The molecular weight excluding hydrogens is 236 g/mol. The summed E-state index contributed by atoms with van der Waals surface area (Å²) in [6.07, 6.45) is 0.00520. The van der Waals surface area contributed by atoms with Gasteiger partial charge in [-0.25, -0.2) is 0 Å². The van der Waals surface area contributed by atoms with E-state index >= 15 is 0 Å². The van der Waals surface area contributed by atoms with E-state index in [0.717, 1.165) is 5.56 Å². The molecular formula is C14H19ClO2. The lowest BCUT2D eigenvalue weighted by molar-refractivity contribution is -0.134. The highest BCUT2D eigenvalue weighted by Crippen LogP contribution is 2.23. The molecule has 0 aliphatic heterocycles. The summed E-state index contributed by atoms with van der Waals surface area (Å²) in [7, 11) is 1.58. The van der Waals surface area contributed by atoms with Crippen LogP contribution in [0.25, 0.3) is 0 Å². The second kappa shape index (κ2) is 5.65. The van der Waals surface area contributed by atoms with Crippen LogP contribution < -0.4 is 0 Å². The third kappa shape index (κ3) is 4.14. The molecule has 94 valence electrons. The first-order chi connectivity index (χ1) is 7.84. The number of ketones is 1. The van der Waals surface area contributed by atoms with Crippen LogP contribution in [0.15, 0.2) is 24.3 Å². The first-order valence-corrected chi connectivity index (χ1v) is 6.02. The fourth-order valence-corrected chi connectivity index (χ4v) is 1.99. The van der Waals surface area contributed by atoms with E-state index in [9.17, 15) is 4.79 Å². The summed E-state index contributed by atoms with van der Waals surface area (Å²) in [6, 6.07) is 7.33. The van der Waals surface area contributed by atoms with Crippen LogP contribution in [0.1, 0.15) is 26.3 Å². The summed E-state index contributed by atoms with van der Waals surface area (Å²) in [5, 5.41) is 0.681. The van der Waals surface area contributed by atoms with Gasteiger partial charge in [0, 0.05) is 18.6 Å². The van der Waals surface area contributed by atoms with Crippen LogP contribution in [0.5, 0.6) is 0 Å². The molecule has 1 atom stereocenters. The SMILES string of the molecule is COC(C(=O)Cc1ccc(Cl)cc1)C(C)(C)C. The van der Waals surface area contributed by atoms with Crippen LogP contribution in [0.2, 0.25) is 5.02 Å². The van der Waals surface area contributed by atoms with Gasteiger partial charge in [0.15, 0.2) is 5.78 Å². The number of hydrogen-bond acceptors (Lipinski definition) is 2. The minimum Gasteiger partial charge on any atom is -0.373 e. The van der Waals surface area contributed by atoms with E-state index in [2.05, 4.69) is 0 Å². The molecule has 3 heteroatoms. The molecule has 0 fully saturated rings. The molecule has 0 aliphatic carbocycles. The summed E-state index contributed by atoms with van der Waals surface area (Å²) in [5.74, 6) is 0.0994. The maximum absolute atomic E-state index is 12.1. The van der Waals surface area contributed by atoms with E-state index in [1.54, 1.807) is 19.2 Å². The molecule has 17 heavy (non-hydrogen) atoms. The number of methoxy groups -OCH3 is 1. The van der Waals surface area contributed by atoms with Crippen molar-refractivity contribution >= 4 is 17.4 Å². The van der Waals surface area contributed by atoms with Crippen LogP contribution in [0.3, 0.4) is 0 Å². The molecule has 0 spiro atoms. The number of hydrogen-bond donors (Lipinski definition) is 0. The van der Waals surface area contributed by atoms with E-state index < -0.39 is 0 Å². The summed E-state index contributed by atoms with van der Waals surface area (Å²) >= 11 is 5.80. The van der Waals surface area contributed by atoms with Crippen LogP contribution in [-0.2, 0) is 16.0 Å². The van der Waals surface area contributed by atoms with Crippen molar-refractivity contribution in [3.63, 3.8) is 0 Å². The highest BCUT2D eigenvalue weighted by atomic mass is 35.5. The normalized spacial score (nSPS) is 13.5. The lowest BCUT2D eigenvalue weighted by atomic mass is 9.85. The Balaban J connectivity index is 2.74. The van der Waals surface area contributed by atoms with E-state index in [0.29, 0.717) is 11.4 Å². The monoisotopic (exact) mass is 254 g/mol. The average Bonchev–Trinajstić information content (AvgIpc) is 2.20. The highest BCUT2D eigenvalue weighted by molar-refractivity contribution is 6.30. The van der Waals surface area contributed by atoms with Crippen molar-refractivity contribution < 1.29 is 9.53 Å². The van der Waals surface area contributed by atoms with Crippen LogP contribution >= 0.6 is 11.6 Å². The van der Waals surface area contributed by atoms with Crippen molar-refractivity contribution in [1.29, 1.82) is 0 Å². The number of carbonyl (C=O) groups is 1. The smallest absolute Gasteiger partial charge is 0.166 e. The minimum atomic E-state index is -0.377. The van der Waals surface area contributed by atoms with Crippen LogP contribution in [-0.4, -0.2) is 19.0 Å². The maximum Gasteiger partial charge on any atom is 0.166 e. The summed E-state index contributed by atoms with van der Waals surface area (Å²) in [5.41, 5.74) is 0.781. The second-order valence-corrected chi connectivity index (χ2v) is 5.69. The Morgan fingerprint density at radius 2 is 1.82 bits per heavy atom. The topological polar surface area (TPSA) is 26.3 Å². The Hall–Kier alpha value is -0.860. The number of ether oxygens (including phenoxy) is 1. The van der Waals surface area contributed by atoms with E-state index in [1.165, 1.54) is 0 Å². The fourth-order valence-electron chi connectivity index (χ4n) is 1.86. The number of rotatable bonds is 4. The van der Waals surface area contributed by atoms with Gasteiger partial charge in [0.1, 0.15) is 6.10 Å². The van der Waals surface area contributed by atoms with Crippen molar-refractivity contribution in [2.45, 2.75) is 33.3 Å². The zero-order valence-electron chi connectivity index (χ0n) is 10.8.